The second-order valence-electron chi connectivity index (χ2n) is 7.61. The average Bonchev–Trinajstić information content (AvgIpc) is 3.31. The topological polar surface area (TPSA) is 93.8 Å². The van der Waals surface area contributed by atoms with Gasteiger partial charge in [0.05, 0.1) is 30.2 Å². The zero-order valence-electron chi connectivity index (χ0n) is 18.1. The van der Waals surface area contributed by atoms with Gasteiger partial charge in [0.25, 0.3) is 11.5 Å². The fourth-order valence-corrected chi connectivity index (χ4v) is 3.75. The Bertz CT molecular complexity index is 1120. The van der Waals surface area contributed by atoms with E-state index in [1.54, 1.807) is 35.2 Å². The summed E-state index contributed by atoms with van der Waals surface area (Å²) in [6, 6.07) is 14.4. The predicted octanol–water partition coefficient (Wildman–Crippen LogP) is 2.91. The number of H-pyrrole nitrogens is 1. The predicted molar refractivity (Wildman–Crippen MR) is 120 cm³/mol. The Kier molecular flexibility index (Phi) is 7.01. The van der Waals surface area contributed by atoms with Crippen molar-refractivity contribution in [3.63, 3.8) is 0 Å². The van der Waals surface area contributed by atoms with Gasteiger partial charge in [-0.25, -0.2) is 4.98 Å². The summed E-state index contributed by atoms with van der Waals surface area (Å²) in [4.78, 5) is 34.5. The quantitative estimate of drug-likeness (QED) is 0.553. The standard InChI is InChI=1S/C24H27N3O5/c1-2-30-20-11-5-6-12-21(20)32-16-23(28)27(14-17-8-7-13-31-17)15-22-25-19-10-4-3-9-18(19)24(29)26-22/h3-6,9-12,17H,2,7-8,13-16H2,1H3,(H,25,26,29)/t17-/m1/s1. The molecule has 1 saturated heterocycles. The molecule has 2 heterocycles. The van der Waals surface area contributed by atoms with Gasteiger partial charge in [0.2, 0.25) is 0 Å². The Hall–Kier alpha value is -3.39. The molecule has 2 aromatic carbocycles. The molecule has 1 N–H and O–H groups in total. The smallest absolute Gasteiger partial charge is 0.261 e. The number of para-hydroxylation sites is 3. The Labute approximate surface area is 186 Å². The first-order valence-corrected chi connectivity index (χ1v) is 10.9. The van der Waals surface area contributed by atoms with Gasteiger partial charge < -0.3 is 24.1 Å². The maximum Gasteiger partial charge on any atom is 0.261 e. The van der Waals surface area contributed by atoms with Gasteiger partial charge in [0.15, 0.2) is 18.1 Å². The van der Waals surface area contributed by atoms with Gasteiger partial charge in [0.1, 0.15) is 5.82 Å². The van der Waals surface area contributed by atoms with Gasteiger partial charge >= 0.3 is 0 Å². The lowest BCUT2D eigenvalue weighted by Gasteiger charge is -2.25. The van der Waals surface area contributed by atoms with Crippen LogP contribution in [0.3, 0.4) is 0 Å². The third kappa shape index (κ3) is 5.26. The molecule has 0 radical (unpaired) electrons. The van der Waals surface area contributed by atoms with Gasteiger partial charge in [-0.3, -0.25) is 9.59 Å². The largest absolute Gasteiger partial charge is 0.490 e. The maximum atomic E-state index is 13.1. The number of benzene rings is 2. The number of hydrogen-bond acceptors (Lipinski definition) is 6. The van der Waals surface area contributed by atoms with Crippen molar-refractivity contribution in [1.82, 2.24) is 14.9 Å². The second-order valence-corrected chi connectivity index (χ2v) is 7.61. The van der Waals surface area contributed by atoms with E-state index < -0.39 is 0 Å². The molecule has 1 atom stereocenters. The van der Waals surface area contributed by atoms with E-state index in [0.717, 1.165) is 12.8 Å². The minimum atomic E-state index is -0.225. The van der Waals surface area contributed by atoms with Crippen LogP contribution in [-0.2, 0) is 16.1 Å². The molecule has 1 aromatic heterocycles. The number of carbonyl (C=O) groups excluding carboxylic acids is 1. The summed E-state index contributed by atoms with van der Waals surface area (Å²) >= 11 is 0. The van der Waals surface area contributed by atoms with Crippen molar-refractivity contribution >= 4 is 16.8 Å². The van der Waals surface area contributed by atoms with Crippen LogP contribution < -0.4 is 15.0 Å². The van der Waals surface area contributed by atoms with Crippen molar-refractivity contribution in [1.29, 1.82) is 0 Å². The van der Waals surface area contributed by atoms with Gasteiger partial charge in [0, 0.05) is 13.2 Å². The van der Waals surface area contributed by atoms with Crippen LogP contribution in [0.1, 0.15) is 25.6 Å². The SMILES string of the molecule is CCOc1ccccc1OCC(=O)N(Cc1nc2ccccc2c(=O)[nH]1)C[C@H]1CCCO1. The first-order valence-electron chi connectivity index (χ1n) is 10.9. The number of nitrogens with zero attached hydrogens (tertiary/aromatic N) is 2. The summed E-state index contributed by atoms with van der Waals surface area (Å²) in [7, 11) is 0. The maximum absolute atomic E-state index is 13.1. The molecule has 0 aliphatic carbocycles. The van der Waals surface area contributed by atoms with Crippen molar-refractivity contribution in [2.45, 2.75) is 32.4 Å². The monoisotopic (exact) mass is 437 g/mol. The number of ether oxygens (including phenoxy) is 3. The molecular formula is C24H27N3O5. The third-order valence-corrected chi connectivity index (χ3v) is 5.30. The van der Waals surface area contributed by atoms with E-state index in [2.05, 4.69) is 9.97 Å². The lowest BCUT2D eigenvalue weighted by atomic mass is 10.2. The Morgan fingerprint density at radius 2 is 1.91 bits per heavy atom. The molecule has 8 nitrogen and oxygen atoms in total. The third-order valence-electron chi connectivity index (χ3n) is 5.30. The Balaban J connectivity index is 1.51. The van der Waals surface area contributed by atoms with Crippen LogP contribution in [0, 0.1) is 0 Å². The number of amides is 1. The van der Waals surface area contributed by atoms with E-state index in [4.69, 9.17) is 14.2 Å². The minimum Gasteiger partial charge on any atom is -0.490 e. The van der Waals surface area contributed by atoms with Crippen LogP contribution in [0.2, 0.25) is 0 Å². The van der Waals surface area contributed by atoms with Crippen LogP contribution in [0.5, 0.6) is 11.5 Å². The van der Waals surface area contributed by atoms with E-state index in [-0.39, 0.29) is 30.7 Å². The van der Waals surface area contributed by atoms with Gasteiger partial charge in [-0.2, -0.15) is 0 Å². The van der Waals surface area contributed by atoms with Crippen molar-refractivity contribution in [3.05, 3.63) is 64.7 Å². The Morgan fingerprint density at radius 3 is 2.66 bits per heavy atom. The lowest BCUT2D eigenvalue weighted by molar-refractivity contribution is -0.135. The molecule has 168 valence electrons. The lowest BCUT2D eigenvalue weighted by Crippen LogP contribution is -2.40. The molecule has 1 aliphatic rings. The molecule has 0 bridgehead atoms. The number of aromatic nitrogens is 2. The first kappa shape index (κ1) is 21.8. The highest BCUT2D eigenvalue weighted by Gasteiger charge is 2.24. The second kappa shape index (κ2) is 10.3. The molecule has 1 amide bonds. The van der Waals surface area contributed by atoms with Crippen molar-refractivity contribution < 1.29 is 19.0 Å². The molecule has 0 saturated carbocycles. The number of aromatic amines is 1. The summed E-state index contributed by atoms with van der Waals surface area (Å²) in [5.74, 6) is 1.31. The van der Waals surface area contributed by atoms with Crippen molar-refractivity contribution in [2.24, 2.45) is 0 Å². The minimum absolute atomic E-state index is 0.0400. The average molecular weight is 437 g/mol. The normalized spacial score (nSPS) is 15.6. The highest BCUT2D eigenvalue weighted by molar-refractivity contribution is 5.78. The van der Waals surface area contributed by atoms with Gasteiger partial charge in [-0.15, -0.1) is 0 Å². The molecular weight excluding hydrogens is 410 g/mol. The number of nitrogens with one attached hydrogen (secondary N) is 1. The fraction of sp³-hybridized carbons (Fsp3) is 0.375. The molecule has 0 unspecified atom stereocenters. The number of fused-ring (bicyclic) bond motifs is 1. The van der Waals surface area contributed by atoms with E-state index in [1.165, 1.54) is 0 Å². The van der Waals surface area contributed by atoms with Crippen molar-refractivity contribution in [2.75, 3.05) is 26.4 Å². The summed E-state index contributed by atoms with van der Waals surface area (Å²) in [5, 5.41) is 0.518. The van der Waals surface area contributed by atoms with Crippen LogP contribution in [0.25, 0.3) is 10.9 Å². The summed E-state index contributed by atoms with van der Waals surface area (Å²) in [6.07, 6.45) is 1.82. The summed E-state index contributed by atoms with van der Waals surface area (Å²) < 4.78 is 17.1. The molecule has 3 aromatic rings. The van der Waals surface area contributed by atoms with Crippen molar-refractivity contribution in [3.8, 4) is 11.5 Å². The van der Waals surface area contributed by atoms with Crippen LogP contribution in [0.4, 0.5) is 0 Å². The Morgan fingerprint density at radius 1 is 1.16 bits per heavy atom. The summed E-state index contributed by atoms with van der Waals surface area (Å²) in [6.45, 7) is 3.49. The van der Waals surface area contributed by atoms with Gasteiger partial charge in [-0.05, 0) is 44.0 Å². The number of carbonyl (C=O) groups is 1. The molecule has 1 aliphatic heterocycles. The fourth-order valence-electron chi connectivity index (χ4n) is 3.75. The van der Waals surface area contributed by atoms with E-state index in [9.17, 15) is 9.59 Å². The highest BCUT2D eigenvalue weighted by Crippen LogP contribution is 2.26. The van der Waals surface area contributed by atoms with E-state index in [0.29, 0.717) is 48.0 Å². The van der Waals surface area contributed by atoms with Gasteiger partial charge in [-0.1, -0.05) is 24.3 Å². The molecule has 1 fully saturated rings. The zero-order chi connectivity index (χ0) is 22.3. The van der Waals surface area contributed by atoms with Crippen LogP contribution in [-0.4, -0.2) is 53.2 Å². The van der Waals surface area contributed by atoms with E-state index in [1.807, 2.05) is 25.1 Å². The molecule has 32 heavy (non-hydrogen) atoms. The molecule has 8 heteroatoms. The van der Waals surface area contributed by atoms with E-state index >= 15 is 0 Å². The van der Waals surface area contributed by atoms with Crippen LogP contribution in [0.15, 0.2) is 53.3 Å². The number of hydrogen-bond donors (Lipinski definition) is 1. The van der Waals surface area contributed by atoms with Crippen LogP contribution >= 0.6 is 0 Å². The number of rotatable bonds is 9. The zero-order valence-corrected chi connectivity index (χ0v) is 18.1. The molecule has 4 rings (SSSR count). The summed E-state index contributed by atoms with van der Waals surface area (Å²) in [5.41, 5.74) is 0.370. The molecule has 0 spiro atoms. The first-order chi connectivity index (χ1) is 15.6. The highest BCUT2D eigenvalue weighted by atomic mass is 16.5.